The van der Waals surface area contributed by atoms with E-state index in [4.69, 9.17) is 10.5 Å². The second kappa shape index (κ2) is 7.64. The standard InChI is InChI=1S/C20H20N6O3S/c1-9(2)29-14-6-4-11(18(21)28)8-13(14)24-20-26-17-15(30-20)7-5-12-16(17)25-19(23-12)22-10(3)27/h4-9H,1-3H3,(H2,21,28)(H,24,26)(H2,22,23,25,27). The molecule has 0 atom stereocenters. The van der Waals surface area contributed by atoms with Crippen molar-refractivity contribution in [3.63, 3.8) is 0 Å². The van der Waals surface area contributed by atoms with Gasteiger partial charge in [0, 0.05) is 12.5 Å². The predicted molar refractivity (Wildman–Crippen MR) is 118 cm³/mol. The molecule has 10 heteroatoms. The number of benzene rings is 2. The van der Waals surface area contributed by atoms with Gasteiger partial charge in [0.2, 0.25) is 17.8 Å². The maximum Gasteiger partial charge on any atom is 0.248 e. The van der Waals surface area contributed by atoms with Crippen LogP contribution in [-0.4, -0.2) is 32.9 Å². The Hall–Kier alpha value is -3.66. The quantitative estimate of drug-likeness (QED) is 0.372. The zero-order valence-corrected chi connectivity index (χ0v) is 17.4. The van der Waals surface area contributed by atoms with Gasteiger partial charge in [0.25, 0.3) is 0 Å². The van der Waals surface area contributed by atoms with E-state index in [1.165, 1.54) is 18.3 Å². The fraction of sp³-hybridized carbons (Fsp3) is 0.200. The van der Waals surface area contributed by atoms with Crippen molar-refractivity contribution >= 4 is 61.2 Å². The summed E-state index contributed by atoms with van der Waals surface area (Å²) in [5.41, 5.74) is 8.51. The maximum atomic E-state index is 11.6. The Morgan fingerprint density at radius 1 is 1.17 bits per heavy atom. The number of primary amides is 1. The van der Waals surface area contributed by atoms with Crippen molar-refractivity contribution in [1.82, 2.24) is 15.0 Å². The summed E-state index contributed by atoms with van der Waals surface area (Å²) in [6, 6.07) is 8.80. The first-order valence-corrected chi connectivity index (χ1v) is 10.1. The molecule has 9 nitrogen and oxygen atoms in total. The molecule has 2 aromatic heterocycles. The van der Waals surface area contributed by atoms with Crippen LogP contribution in [0.15, 0.2) is 30.3 Å². The number of nitrogens with two attached hydrogens (primary N) is 1. The van der Waals surface area contributed by atoms with E-state index in [2.05, 4.69) is 25.6 Å². The lowest BCUT2D eigenvalue weighted by atomic mass is 10.1. The number of H-pyrrole nitrogens is 1. The minimum atomic E-state index is -0.526. The molecular formula is C20H20N6O3S. The van der Waals surface area contributed by atoms with Gasteiger partial charge in [-0.15, -0.1) is 0 Å². The number of thiazole rings is 1. The van der Waals surface area contributed by atoms with Gasteiger partial charge in [-0.1, -0.05) is 11.3 Å². The summed E-state index contributed by atoms with van der Waals surface area (Å²) in [5.74, 6) is 0.224. The number of carbonyl (C=O) groups is 2. The van der Waals surface area contributed by atoms with Gasteiger partial charge in [-0.05, 0) is 44.2 Å². The Labute approximate surface area is 175 Å². The van der Waals surface area contributed by atoms with Crippen LogP contribution in [0.4, 0.5) is 16.8 Å². The number of anilines is 3. The molecular weight excluding hydrogens is 404 g/mol. The highest BCUT2D eigenvalue weighted by Crippen LogP contribution is 2.35. The maximum absolute atomic E-state index is 11.6. The molecule has 5 N–H and O–H groups in total. The molecule has 4 aromatic rings. The van der Waals surface area contributed by atoms with Crippen LogP contribution in [0.5, 0.6) is 5.75 Å². The van der Waals surface area contributed by atoms with E-state index in [0.29, 0.717) is 39.1 Å². The third kappa shape index (κ3) is 3.90. The monoisotopic (exact) mass is 424 g/mol. The normalized spacial score (nSPS) is 11.2. The van der Waals surface area contributed by atoms with Gasteiger partial charge in [-0.3, -0.25) is 14.9 Å². The second-order valence-corrected chi connectivity index (χ2v) is 7.99. The van der Waals surface area contributed by atoms with E-state index in [1.807, 2.05) is 26.0 Å². The highest BCUT2D eigenvalue weighted by Gasteiger charge is 2.15. The van der Waals surface area contributed by atoms with Crippen molar-refractivity contribution in [3.8, 4) is 5.75 Å². The number of fused-ring (bicyclic) bond motifs is 3. The molecule has 30 heavy (non-hydrogen) atoms. The van der Waals surface area contributed by atoms with E-state index in [9.17, 15) is 9.59 Å². The van der Waals surface area contributed by atoms with Gasteiger partial charge in [0.05, 0.1) is 22.0 Å². The van der Waals surface area contributed by atoms with E-state index < -0.39 is 5.91 Å². The van der Waals surface area contributed by atoms with Gasteiger partial charge in [0.1, 0.15) is 16.8 Å². The van der Waals surface area contributed by atoms with Crippen molar-refractivity contribution in [1.29, 1.82) is 0 Å². The van der Waals surface area contributed by atoms with Gasteiger partial charge in [-0.25, -0.2) is 9.97 Å². The number of hydrogen-bond acceptors (Lipinski definition) is 7. The molecule has 0 fully saturated rings. The third-order valence-electron chi connectivity index (χ3n) is 4.17. The highest BCUT2D eigenvalue weighted by molar-refractivity contribution is 7.22. The van der Waals surface area contributed by atoms with Crippen LogP contribution in [0.3, 0.4) is 0 Å². The average molecular weight is 424 g/mol. The summed E-state index contributed by atoms with van der Waals surface area (Å²) in [7, 11) is 0. The first kappa shape index (κ1) is 19.6. The Morgan fingerprint density at radius 3 is 2.67 bits per heavy atom. The zero-order valence-electron chi connectivity index (χ0n) is 16.6. The lowest BCUT2D eigenvalue weighted by molar-refractivity contribution is -0.114. The van der Waals surface area contributed by atoms with Gasteiger partial charge in [-0.2, -0.15) is 0 Å². The van der Waals surface area contributed by atoms with Crippen LogP contribution >= 0.6 is 11.3 Å². The number of hydrogen-bond donors (Lipinski definition) is 4. The fourth-order valence-corrected chi connectivity index (χ4v) is 3.87. The first-order chi connectivity index (χ1) is 14.3. The smallest absolute Gasteiger partial charge is 0.248 e. The first-order valence-electron chi connectivity index (χ1n) is 9.24. The summed E-state index contributed by atoms with van der Waals surface area (Å²) >= 11 is 1.44. The molecule has 0 saturated heterocycles. The molecule has 0 radical (unpaired) electrons. The summed E-state index contributed by atoms with van der Waals surface area (Å²) in [4.78, 5) is 35.1. The number of carbonyl (C=O) groups excluding carboxylic acids is 2. The van der Waals surface area contributed by atoms with Crippen LogP contribution in [0.25, 0.3) is 21.3 Å². The van der Waals surface area contributed by atoms with Crippen LogP contribution in [-0.2, 0) is 4.79 Å². The molecule has 0 saturated carbocycles. The van der Waals surface area contributed by atoms with Crippen molar-refractivity contribution in [2.45, 2.75) is 26.9 Å². The van der Waals surface area contributed by atoms with Crippen LogP contribution in [0, 0.1) is 0 Å². The Kier molecular flexibility index (Phi) is 5.00. The minimum Gasteiger partial charge on any atom is -0.489 e. The molecule has 2 aromatic carbocycles. The minimum absolute atomic E-state index is 0.0452. The predicted octanol–water partition coefficient (Wildman–Crippen LogP) is 3.76. The third-order valence-corrected chi connectivity index (χ3v) is 5.11. The topological polar surface area (TPSA) is 135 Å². The van der Waals surface area contributed by atoms with E-state index in [1.54, 1.807) is 18.2 Å². The molecule has 0 unspecified atom stereocenters. The molecule has 2 heterocycles. The lowest BCUT2D eigenvalue weighted by Gasteiger charge is -2.15. The summed E-state index contributed by atoms with van der Waals surface area (Å²) in [6.07, 6.45) is -0.0452. The summed E-state index contributed by atoms with van der Waals surface area (Å²) < 4.78 is 6.76. The lowest BCUT2D eigenvalue weighted by Crippen LogP contribution is -2.12. The van der Waals surface area contributed by atoms with Crippen molar-refractivity contribution in [2.24, 2.45) is 5.73 Å². The second-order valence-electron chi connectivity index (χ2n) is 6.96. The molecule has 0 aliphatic rings. The number of imidazole rings is 1. The van der Waals surface area contributed by atoms with E-state index in [-0.39, 0.29) is 12.0 Å². The van der Waals surface area contributed by atoms with E-state index >= 15 is 0 Å². The summed E-state index contributed by atoms with van der Waals surface area (Å²) in [6.45, 7) is 5.26. The number of ether oxygens (including phenoxy) is 1. The molecule has 0 spiro atoms. The van der Waals surface area contributed by atoms with E-state index in [0.717, 1.165) is 10.2 Å². The van der Waals surface area contributed by atoms with Crippen molar-refractivity contribution in [2.75, 3.05) is 10.6 Å². The molecule has 0 aliphatic carbocycles. The molecule has 4 rings (SSSR count). The fourth-order valence-electron chi connectivity index (χ4n) is 2.99. The van der Waals surface area contributed by atoms with Crippen LogP contribution < -0.4 is 21.1 Å². The largest absolute Gasteiger partial charge is 0.489 e. The Bertz CT molecular complexity index is 1280. The van der Waals surface area contributed by atoms with Crippen LogP contribution in [0.1, 0.15) is 31.1 Å². The summed E-state index contributed by atoms with van der Waals surface area (Å²) in [5, 5.41) is 6.48. The average Bonchev–Trinajstić information content (AvgIpc) is 3.24. The SMILES string of the molecule is CC(=O)Nc1nc2c(ccc3sc(Nc4cc(C(N)=O)ccc4OC(C)C)nc32)[nH]1. The van der Waals surface area contributed by atoms with Crippen LogP contribution in [0.2, 0.25) is 0 Å². The molecule has 0 bridgehead atoms. The Balaban J connectivity index is 1.74. The molecule has 0 aliphatic heterocycles. The number of rotatable bonds is 6. The Morgan fingerprint density at radius 2 is 1.97 bits per heavy atom. The van der Waals surface area contributed by atoms with Gasteiger partial charge >= 0.3 is 0 Å². The molecule has 2 amide bonds. The number of nitrogens with one attached hydrogen (secondary N) is 3. The molecule has 154 valence electrons. The van der Waals surface area contributed by atoms with Crippen molar-refractivity contribution < 1.29 is 14.3 Å². The number of aromatic amines is 1. The van der Waals surface area contributed by atoms with Crippen molar-refractivity contribution in [3.05, 3.63) is 35.9 Å². The highest BCUT2D eigenvalue weighted by atomic mass is 32.1. The van der Waals surface area contributed by atoms with Gasteiger partial charge < -0.3 is 20.8 Å². The van der Waals surface area contributed by atoms with Gasteiger partial charge in [0.15, 0.2) is 5.13 Å². The number of amides is 2. The number of aromatic nitrogens is 3. The number of nitrogens with zero attached hydrogens (tertiary/aromatic N) is 2. The zero-order chi connectivity index (χ0) is 21.4.